The minimum atomic E-state index is -3.14. The van der Waals surface area contributed by atoms with Gasteiger partial charge < -0.3 is 9.26 Å². The summed E-state index contributed by atoms with van der Waals surface area (Å²) in [5, 5.41) is 3.77. The number of hydrogen-bond acceptors (Lipinski definition) is 6. The van der Waals surface area contributed by atoms with Gasteiger partial charge in [0.25, 0.3) is 5.89 Å². The lowest BCUT2D eigenvalue weighted by molar-refractivity contribution is -0.00201. The fraction of sp³-hybridized carbons (Fsp3) is 0.833. The van der Waals surface area contributed by atoms with Crippen molar-refractivity contribution >= 4 is 10.0 Å². The molecule has 3 atom stereocenters. The standard InChI is InChI=1S/C12H19N3O4S/c1-3-20(16,17)15-5-4-9-6-10(18-11(9)7-15)12-13-8(2)14-19-12/h9-11H,3-7H2,1-2H3/t9-,10+,11-/m0/s1. The van der Waals surface area contributed by atoms with Gasteiger partial charge in [-0.15, -0.1) is 0 Å². The van der Waals surface area contributed by atoms with Gasteiger partial charge in [0.05, 0.1) is 11.9 Å². The summed E-state index contributed by atoms with van der Waals surface area (Å²) in [6.45, 7) is 4.45. The molecule has 0 bridgehead atoms. The number of nitrogens with zero attached hydrogens (tertiary/aromatic N) is 3. The molecule has 2 aliphatic rings. The van der Waals surface area contributed by atoms with Crippen LogP contribution in [0.2, 0.25) is 0 Å². The summed E-state index contributed by atoms with van der Waals surface area (Å²) >= 11 is 0. The van der Waals surface area contributed by atoms with Crippen LogP contribution in [-0.4, -0.2) is 47.8 Å². The van der Waals surface area contributed by atoms with E-state index >= 15 is 0 Å². The van der Waals surface area contributed by atoms with E-state index in [9.17, 15) is 8.42 Å². The van der Waals surface area contributed by atoms with E-state index in [4.69, 9.17) is 9.26 Å². The first-order valence-corrected chi connectivity index (χ1v) is 8.54. The SMILES string of the molecule is CCS(=O)(=O)N1CC[C@H]2C[C@H](c3nc(C)no3)O[C@H]2C1. The Morgan fingerprint density at radius 2 is 2.25 bits per heavy atom. The third kappa shape index (κ3) is 2.47. The van der Waals surface area contributed by atoms with Crippen LogP contribution >= 0.6 is 0 Å². The molecule has 0 radical (unpaired) electrons. The normalized spacial score (nSPS) is 31.4. The maximum atomic E-state index is 11.9. The van der Waals surface area contributed by atoms with Crippen molar-refractivity contribution < 1.29 is 17.7 Å². The van der Waals surface area contributed by atoms with Crippen LogP contribution in [-0.2, 0) is 14.8 Å². The Balaban J connectivity index is 1.70. The Morgan fingerprint density at radius 3 is 2.90 bits per heavy atom. The lowest BCUT2D eigenvalue weighted by Gasteiger charge is -2.32. The molecule has 2 fully saturated rings. The predicted molar refractivity (Wildman–Crippen MR) is 70.4 cm³/mol. The van der Waals surface area contributed by atoms with E-state index in [0.29, 0.717) is 30.7 Å². The highest BCUT2D eigenvalue weighted by atomic mass is 32.2. The summed E-state index contributed by atoms with van der Waals surface area (Å²) in [7, 11) is -3.14. The molecule has 1 aromatic heterocycles. The summed E-state index contributed by atoms with van der Waals surface area (Å²) in [5.74, 6) is 1.60. The van der Waals surface area contributed by atoms with E-state index in [0.717, 1.165) is 12.8 Å². The fourth-order valence-corrected chi connectivity index (χ4v) is 4.06. The summed E-state index contributed by atoms with van der Waals surface area (Å²) in [5.41, 5.74) is 0. The molecule has 8 heteroatoms. The Labute approximate surface area is 118 Å². The first-order chi connectivity index (χ1) is 9.49. The van der Waals surface area contributed by atoms with Crippen LogP contribution in [0.3, 0.4) is 0 Å². The first kappa shape index (κ1) is 14.0. The predicted octanol–water partition coefficient (Wildman–Crippen LogP) is 0.880. The smallest absolute Gasteiger partial charge is 0.255 e. The van der Waals surface area contributed by atoms with Crippen molar-refractivity contribution in [1.82, 2.24) is 14.4 Å². The second-order valence-corrected chi connectivity index (χ2v) is 7.64. The van der Waals surface area contributed by atoms with E-state index in [-0.39, 0.29) is 18.0 Å². The first-order valence-electron chi connectivity index (χ1n) is 6.93. The number of sulfonamides is 1. The van der Waals surface area contributed by atoms with Gasteiger partial charge in [0.1, 0.15) is 6.10 Å². The maximum absolute atomic E-state index is 11.9. The lowest BCUT2D eigenvalue weighted by atomic mass is 9.93. The quantitative estimate of drug-likeness (QED) is 0.824. The Hall–Kier alpha value is -0.990. The second kappa shape index (κ2) is 5.09. The average molecular weight is 301 g/mol. The van der Waals surface area contributed by atoms with E-state index in [1.54, 1.807) is 13.8 Å². The largest absolute Gasteiger partial charge is 0.363 e. The summed E-state index contributed by atoms with van der Waals surface area (Å²) in [4.78, 5) is 4.20. The maximum Gasteiger partial charge on any atom is 0.255 e. The van der Waals surface area contributed by atoms with Crippen LogP contribution in [0.1, 0.15) is 37.6 Å². The van der Waals surface area contributed by atoms with Crippen LogP contribution in [0.5, 0.6) is 0 Å². The molecule has 0 aliphatic carbocycles. The van der Waals surface area contributed by atoms with Gasteiger partial charge in [0.2, 0.25) is 10.0 Å². The van der Waals surface area contributed by atoms with E-state index in [1.165, 1.54) is 4.31 Å². The number of ether oxygens (including phenoxy) is 1. The number of piperidine rings is 1. The molecular weight excluding hydrogens is 282 g/mol. The highest BCUT2D eigenvalue weighted by Crippen LogP contribution is 2.40. The molecule has 0 amide bonds. The number of hydrogen-bond donors (Lipinski definition) is 0. The van der Waals surface area contributed by atoms with Crippen molar-refractivity contribution in [2.24, 2.45) is 5.92 Å². The zero-order valence-corrected chi connectivity index (χ0v) is 12.5. The number of aromatic nitrogens is 2. The van der Waals surface area contributed by atoms with Crippen LogP contribution in [0.25, 0.3) is 0 Å². The number of aryl methyl sites for hydroxylation is 1. The zero-order valence-electron chi connectivity index (χ0n) is 11.7. The molecule has 20 heavy (non-hydrogen) atoms. The van der Waals surface area contributed by atoms with Crippen molar-refractivity contribution in [2.75, 3.05) is 18.8 Å². The third-order valence-corrected chi connectivity index (χ3v) is 5.94. The molecule has 2 aliphatic heterocycles. The molecule has 0 aromatic carbocycles. The highest BCUT2D eigenvalue weighted by Gasteiger charge is 2.43. The molecule has 3 rings (SSSR count). The van der Waals surface area contributed by atoms with Gasteiger partial charge >= 0.3 is 0 Å². The van der Waals surface area contributed by atoms with Gasteiger partial charge in [-0.2, -0.15) is 9.29 Å². The Morgan fingerprint density at radius 1 is 1.45 bits per heavy atom. The molecule has 112 valence electrons. The molecule has 0 N–H and O–H groups in total. The Kier molecular flexibility index (Phi) is 3.55. The van der Waals surface area contributed by atoms with Crippen LogP contribution in [0, 0.1) is 12.8 Å². The van der Waals surface area contributed by atoms with Gasteiger partial charge in [-0.25, -0.2) is 8.42 Å². The van der Waals surface area contributed by atoms with Crippen molar-refractivity contribution in [3.63, 3.8) is 0 Å². The van der Waals surface area contributed by atoms with Crippen molar-refractivity contribution in [2.45, 2.75) is 38.9 Å². The molecular formula is C12H19N3O4S. The van der Waals surface area contributed by atoms with Gasteiger partial charge in [-0.1, -0.05) is 5.16 Å². The minimum absolute atomic E-state index is 0.0673. The summed E-state index contributed by atoms with van der Waals surface area (Å²) < 4.78 is 36.5. The van der Waals surface area contributed by atoms with Crippen LogP contribution in [0.15, 0.2) is 4.52 Å². The monoisotopic (exact) mass is 301 g/mol. The number of fused-ring (bicyclic) bond motifs is 1. The summed E-state index contributed by atoms with van der Waals surface area (Å²) in [6, 6.07) is 0. The molecule has 0 spiro atoms. The van der Waals surface area contributed by atoms with Gasteiger partial charge in [-0.3, -0.25) is 0 Å². The molecule has 0 unspecified atom stereocenters. The van der Waals surface area contributed by atoms with Gasteiger partial charge in [0, 0.05) is 13.1 Å². The summed E-state index contributed by atoms with van der Waals surface area (Å²) in [6.07, 6.45) is 1.39. The van der Waals surface area contributed by atoms with Gasteiger partial charge in [0.15, 0.2) is 5.82 Å². The van der Waals surface area contributed by atoms with Crippen molar-refractivity contribution in [1.29, 1.82) is 0 Å². The molecule has 3 heterocycles. The molecule has 0 saturated carbocycles. The second-order valence-electron chi connectivity index (χ2n) is 5.39. The topological polar surface area (TPSA) is 85.5 Å². The third-order valence-electron chi connectivity index (χ3n) is 4.09. The molecule has 2 saturated heterocycles. The number of rotatable bonds is 3. The fourth-order valence-electron chi connectivity index (χ4n) is 2.94. The van der Waals surface area contributed by atoms with Crippen molar-refractivity contribution in [3.05, 3.63) is 11.7 Å². The Bertz CT molecular complexity index is 585. The van der Waals surface area contributed by atoms with Crippen LogP contribution in [0.4, 0.5) is 0 Å². The minimum Gasteiger partial charge on any atom is -0.363 e. The van der Waals surface area contributed by atoms with E-state index in [2.05, 4.69) is 10.1 Å². The van der Waals surface area contributed by atoms with Crippen molar-refractivity contribution in [3.8, 4) is 0 Å². The van der Waals surface area contributed by atoms with Gasteiger partial charge in [-0.05, 0) is 32.6 Å². The molecule has 1 aromatic rings. The average Bonchev–Trinajstić information content (AvgIpc) is 3.03. The highest BCUT2D eigenvalue weighted by molar-refractivity contribution is 7.89. The molecule has 7 nitrogen and oxygen atoms in total. The van der Waals surface area contributed by atoms with E-state index < -0.39 is 10.0 Å². The zero-order chi connectivity index (χ0) is 14.3. The van der Waals surface area contributed by atoms with Crippen LogP contribution < -0.4 is 0 Å². The van der Waals surface area contributed by atoms with E-state index in [1.807, 2.05) is 0 Å². The lowest BCUT2D eigenvalue weighted by Crippen LogP contribution is -2.45.